The summed E-state index contributed by atoms with van der Waals surface area (Å²) in [6.45, 7) is 0. The summed E-state index contributed by atoms with van der Waals surface area (Å²) in [6, 6.07) is 0. The van der Waals surface area contributed by atoms with Gasteiger partial charge in [0.15, 0.2) is 16.9 Å². The molecule has 0 bridgehead atoms. The lowest BCUT2D eigenvalue weighted by Gasteiger charge is -1.98. The topological polar surface area (TPSA) is 151 Å². The van der Waals surface area contributed by atoms with E-state index in [1.807, 2.05) is 0 Å². The van der Waals surface area contributed by atoms with E-state index in [1.165, 1.54) is 0 Å². The van der Waals surface area contributed by atoms with E-state index in [1.54, 1.807) is 0 Å². The number of nitrogens with two attached hydrogens (primary N) is 2. The van der Waals surface area contributed by atoms with Gasteiger partial charge < -0.3 is 27.1 Å². The largest absolute Gasteiger partial charge is 0.426 e. The van der Waals surface area contributed by atoms with Crippen molar-refractivity contribution in [2.45, 2.75) is 0 Å². The fourth-order valence-corrected chi connectivity index (χ4v) is 1.28. The maximum absolute atomic E-state index is 9.34. The van der Waals surface area contributed by atoms with Crippen molar-refractivity contribution in [3.8, 4) is 0 Å². The van der Waals surface area contributed by atoms with Gasteiger partial charge in [-0.15, -0.1) is 0 Å². The van der Waals surface area contributed by atoms with Crippen LogP contribution >= 0.6 is 0 Å². The van der Waals surface area contributed by atoms with E-state index in [0.29, 0.717) is 4.73 Å². The molecule has 76 valence electrons. The molecule has 0 spiro atoms. The van der Waals surface area contributed by atoms with Gasteiger partial charge in [0, 0.05) is 0 Å². The van der Waals surface area contributed by atoms with E-state index in [4.69, 9.17) is 22.1 Å². The Morgan fingerprint density at radius 1 is 1.00 bits per heavy atom. The molecule has 0 aliphatic heterocycles. The highest BCUT2D eigenvalue weighted by Gasteiger charge is 2.21. The summed E-state index contributed by atoms with van der Waals surface area (Å²) < 4.78 is 0.423. The lowest BCUT2D eigenvalue weighted by Crippen LogP contribution is -2.21. The highest BCUT2D eigenvalue weighted by Crippen LogP contribution is 2.26. The van der Waals surface area contributed by atoms with Crippen LogP contribution in [0.15, 0.2) is 0 Å². The van der Waals surface area contributed by atoms with Gasteiger partial charge in [-0.05, 0) is 0 Å². The molecular formula is C5H8N6O3. The fourth-order valence-electron chi connectivity index (χ4n) is 1.28. The van der Waals surface area contributed by atoms with E-state index in [9.17, 15) is 10.4 Å². The summed E-state index contributed by atoms with van der Waals surface area (Å²) in [6.07, 6.45) is 0. The maximum atomic E-state index is 9.34. The predicted octanol–water partition coefficient (Wildman–Crippen LogP) is -1.40. The molecule has 9 heteroatoms. The second kappa shape index (κ2) is 2.07. The standard InChI is InChI=1S/C5H8N6O3/c6-1-2-3(9(12)4(1)7)5(8)11(14)10(2)13/h8,12-14H,6-7H2. The maximum Gasteiger partial charge on any atom is 0.213 e. The Labute approximate surface area is 76.0 Å². The monoisotopic (exact) mass is 200 g/mol. The average Bonchev–Trinajstić information content (AvgIpc) is 2.51. The number of fused-ring (bicyclic) bond motifs is 1. The number of hydrogen-bond acceptors (Lipinski definition) is 6. The molecule has 8 N–H and O–H groups in total. The van der Waals surface area contributed by atoms with Gasteiger partial charge in [0.25, 0.3) is 0 Å². The lowest BCUT2D eigenvalue weighted by atomic mass is 10.4. The van der Waals surface area contributed by atoms with E-state index < -0.39 is 5.49 Å². The van der Waals surface area contributed by atoms with Crippen LogP contribution in [0.4, 0.5) is 11.5 Å². The molecule has 0 saturated carbocycles. The van der Waals surface area contributed by atoms with Crippen molar-refractivity contribution in [2.24, 2.45) is 0 Å². The Morgan fingerprint density at radius 2 is 1.57 bits per heavy atom. The second-order valence-corrected chi connectivity index (χ2v) is 2.74. The molecule has 0 fully saturated rings. The first-order valence-corrected chi connectivity index (χ1v) is 3.52. The van der Waals surface area contributed by atoms with Crippen LogP contribution in [0.3, 0.4) is 0 Å². The van der Waals surface area contributed by atoms with Crippen LogP contribution in [-0.2, 0) is 0 Å². The van der Waals surface area contributed by atoms with E-state index in [2.05, 4.69) is 0 Å². The highest BCUT2D eigenvalue weighted by atomic mass is 16.6. The average molecular weight is 200 g/mol. The summed E-state index contributed by atoms with van der Waals surface area (Å²) >= 11 is 0. The third-order valence-corrected chi connectivity index (χ3v) is 2.00. The van der Waals surface area contributed by atoms with Crippen LogP contribution in [-0.4, -0.2) is 30.0 Å². The molecule has 0 aliphatic rings. The molecule has 0 aliphatic carbocycles. The van der Waals surface area contributed by atoms with Gasteiger partial charge in [-0.2, -0.15) is 4.73 Å². The second-order valence-electron chi connectivity index (χ2n) is 2.74. The van der Waals surface area contributed by atoms with Crippen molar-refractivity contribution < 1.29 is 15.6 Å². The number of nitrogen functional groups attached to an aromatic ring is 2. The van der Waals surface area contributed by atoms with Crippen molar-refractivity contribution in [1.82, 2.24) is 14.4 Å². The zero-order valence-electron chi connectivity index (χ0n) is 6.84. The van der Waals surface area contributed by atoms with Gasteiger partial charge in [0.05, 0.1) is 0 Å². The number of aromatic nitrogens is 3. The van der Waals surface area contributed by atoms with Gasteiger partial charge in [-0.25, -0.2) is 0 Å². The first kappa shape index (κ1) is 8.16. The minimum absolute atomic E-state index is 0.118. The summed E-state index contributed by atoms with van der Waals surface area (Å²) in [7, 11) is 0. The molecule has 2 aromatic heterocycles. The predicted molar refractivity (Wildman–Crippen MR) is 44.2 cm³/mol. The lowest BCUT2D eigenvalue weighted by molar-refractivity contribution is -0.0104. The SMILES string of the molecule is N=c1c2c(c(N)c(N)n2O)n(O)n1O. The quantitative estimate of drug-likeness (QED) is 0.289. The first-order valence-electron chi connectivity index (χ1n) is 3.52. The normalized spacial score (nSPS) is 11.1. The number of nitrogens with one attached hydrogen (secondary N) is 1. The molecule has 14 heavy (non-hydrogen) atoms. The first-order chi connectivity index (χ1) is 6.46. The molecule has 0 aromatic carbocycles. The number of rotatable bonds is 0. The molecule has 0 saturated heterocycles. The van der Waals surface area contributed by atoms with Gasteiger partial charge in [0.1, 0.15) is 5.69 Å². The third-order valence-electron chi connectivity index (χ3n) is 2.00. The third kappa shape index (κ3) is 0.620. The molecule has 0 amide bonds. The van der Waals surface area contributed by atoms with Gasteiger partial charge in [0.2, 0.25) is 5.49 Å². The van der Waals surface area contributed by atoms with Crippen LogP contribution < -0.4 is 17.0 Å². The van der Waals surface area contributed by atoms with Crippen LogP contribution in [0, 0.1) is 5.41 Å². The van der Waals surface area contributed by atoms with E-state index in [0.717, 1.165) is 0 Å². The van der Waals surface area contributed by atoms with Crippen LogP contribution in [0.1, 0.15) is 0 Å². The molecule has 0 unspecified atom stereocenters. The summed E-state index contributed by atoms with van der Waals surface area (Å²) in [4.78, 5) is 0.337. The Kier molecular flexibility index (Phi) is 1.21. The Bertz CT molecular complexity index is 575. The van der Waals surface area contributed by atoms with E-state index >= 15 is 0 Å². The van der Waals surface area contributed by atoms with Crippen LogP contribution in [0.2, 0.25) is 0 Å². The number of nitrogens with zero attached hydrogens (tertiary/aromatic N) is 3. The van der Waals surface area contributed by atoms with Crippen molar-refractivity contribution in [1.29, 1.82) is 5.41 Å². The zero-order valence-corrected chi connectivity index (χ0v) is 6.84. The zero-order chi connectivity index (χ0) is 10.6. The van der Waals surface area contributed by atoms with Crippen molar-refractivity contribution in [3.05, 3.63) is 5.49 Å². The molecule has 2 rings (SSSR count). The van der Waals surface area contributed by atoms with Crippen LogP contribution in [0.25, 0.3) is 11.0 Å². The van der Waals surface area contributed by atoms with E-state index in [-0.39, 0.29) is 32.2 Å². The van der Waals surface area contributed by atoms with Crippen molar-refractivity contribution >= 4 is 22.5 Å². The van der Waals surface area contributed by atoms with Gasteiger partial charge >= 0.3 is 0 Å². The Morgan fingerprint density at radius 3 is 2.07 bits per heavy atom. The van der Waals surface area contributed by atoms with Gasteiger partial charge in [-0.1, -0.05) is 9.69 Å². The number of anilines is 2. The van der Waals surface area contributed by atoms with Crippen LogP contribution in [0.5, 0.6) is 0 Å². The minimum atomic E-state index is -0.534. The molecule has 2 aromatic rings. The summed E-state index contributed by atoms with van der Waals surface area (Å²) in [5.41, 5.74) is 9.81. The molecule has 0 atom stereocenters. The molecule has 9 nitrogen and oxygen atoms in total. The van der Waals surface area contributed by atoms with Crippen molar-refractivity contribution in [3.63, 3.8) is 0 Å². The fraction of sp³-hybridized carbons (Fsp3) is 0. The smallest absolute Gasteiger partial charge is 0.213 e. The minimum Gasteiger partial charge on any atom is -0.426 e. The molecule has 2 heterocycles. The highest BCUT2D eigenvalue weighted by molar-refractivity contribution is 5.94. The van der Waals surface area contributed by atoms with Crippen molar-refractivity contribution in [2.75, 3.05) is 11.5 Å². The summed E-state index contributed by atoms with van der Waals surface area (Å²) in [5, 5.41) is 35.0. The summed E-state index contributed by atoms with van der Waals surface area (Å²) in [5.74, 6) is -0.202. The Hall–Kier alpha value is -2.45. The Balaban J connectivity index is 3.17. The van der Waals surface area contributed by atoms with Gasteiger partial charge in [-0.3, -0.25) is 5.41 Å². The molecular weight excluding hydrogens is 192 g/mol. The molecule has 0 radical (unpaired) electrons. The number of hydrogen-bond donors (Lipinski definition) is 6.